The molecule has 0 aliphatic heterocycles. The number of aromatic nitrogens is 2. The zero-order valence-electron chi connectivity index (χ0n) is 9.59. The van der Waals surface area contributed by atoms with Crippen molar-refractivity contribution in [3.63, 3.8) is 0 Å². The minimum Gasteiger partial charge on any atom is -0.374 e. The summed E-state index contributed by atoms with van der Waals surface area (Å²) in [6.07, 6.45) is 0. The van der Waals surface area contributed by atoms with Crippen molar-refractivity contribution in [1.29, 1.82) is 0 Å². The zero-order valence-corrected chi connectivity index (χ0v) is 11.2. The fraction of sp³-hybridized carbons (Fsp3) is 0.100. The van der Waals surface area contributed by atoms with Crippen molar-refractivity contribution in [3.05, 3.63) is 35.1 Å². The number of rotatable bonds is 4. The molecule has 0 bridgehead atoms. The van der Waals surface area contributed by atoms with Gasteiger partial charge >= 0.3 is 0 Å². The van der Waals surface area contributed by atoms with Gasteiger partial charge in [0.1, 0.15) is 5.82 Å². The van der Waals surface area contributed by atoms with Crippen molar-refractivity contribution < 1.29 is 9.18 Å². The van der Waals surface area contributed by atoms with E-state index in [1.165, 1.54) is 41.3 Å². The van der Waals surface area contributed by atoms with Gasteiger partial charge in [0, 0.05) is 11.3 Å². The number of hydrogen-bond acceptors (Lipinski definition) is 7. The second-order valence-electron chi connectivity index (χ2n) is 3.47. The first kappa shape index (κ1) is 13.7. The standard InChI is InChI=1S/C10H10FN5OS2/c11-7-2-1-5(8(17)14-13)3-6(7)4-18-10-16-15-9(12)19-10/h1-3H,4,13H2,(H2,12,15)(H,14,17). The molecular formula is C10H10FN5OS2. The predicted molar refractivity (Wildman–Crippen MR) is 71.9 cm³/mol. The van der Waals surface area contributed by atoms with Crippen LogP contribution in [0.15, 0.2) is 22.5 Å². The first-order valence-corrected chi connectivity index (χ1v) is 6.91. The van der Waals surface area contributed by atoms with E-state index in [0.29, 0.717) is 26.4 Å². The quantitative estimate of drug-likeness (QED) is 0.338. The summed E-state index contributed by atoms with van der Waals surface area (Å²) in [4.78, 5) is 11.4. The molecule has 0 spiro atoms. The van der Waals surface area contributed by atoms with Crippen LogP contribution in [0.2, 0.25) is 0 Å². The number of hydrogen-bond donors (Lipinski definition) is 3. The van der Waals surface area contributed by atoms with Crippen LogP contribution in [-0.4, -0.2) is 16.1 Å². The second-order valence-corrected chi connectivity index (χ2v) is 5.71. The van der Waals surface area contributed by atoms with E-state index >= 15 is 0 Å². The Morgan fingerprint density at radius 2 is 2.26 bits per heavy atom. The smallest absolute Gasteiger partial charge is 0.265 e. The summed E-state index contributed by atoms with van der Waals surface area (Å²) in [6.45, 7) is 0. The Balaban J connectivity index is 2.12. The van der Waals surface area contributed by atoms with E-state index in [-0.39, 0.29) is 0 Å². The number of hydrazine groups is 1. The fourth-order valence-corrected chi connectivity index (χ4v) is 2.94. The van der Waals surface area contributed by atoms with Gasteiger partial charge in [-0.2, -0.15) is 0 Å². The summed E-state index contributed by atoms with van der Waals surface area (Å²) >= 11 is 2.52. The number of halogens is 1. The lowest BCUT2D eigenvalue weighted by atomic mass is 10.1. The van der Waals surface area contributed by atoms with Crippen molar-refractivity contribution in [2.75, 3.05) is 5.73 Å². The number of nitrogens with two attached hydrogens (primary N) is 2. The molecule has 0 radical (unpaired) electrons. The lowest BCUT2D eigenvalue weighted by Gasteiger charge is -2.04. The second kappa shape index (κ2) is 5.95. The van der Waals surface area contributed by atoms with Crippen molar-refractivity contribution in [3.8, 4) is 0 Å². The van der Waals surface area contributed by atoms with Crippen molar-refractivity contribution in [1.82, 2.24) is 15.6 Å². The number of nitrogen functional groups attached to an aromatic ring is 2. The van der Waals surface area contributed by atoms with Gasteiger partial charge in [0.2, 0.25) is 5.13 Å². The highest BCUT2D eigenvalue weighted by atomic mass is 32.2. The Morgan fingerprint density at radius 3 is 2.89 bits per heavy atom. The normalized spacial score (nSPS) is 10.4. The molecule has 0 saturated heterocycles. The fourth-order valence-electron chi connectivity index (χ4n) is 1.33. The molecule has 0 fully saturated rings. The Morgan fingerprint density at radius 1 is 1.47 bits per heavy atom. The molecule has 0 atom stereocenters. The number of amides is 1. The molecule has 100 valence electrons. The summed E-state index contributed by atoms with van der Waals surface area (Å²) in [5.74, 6) is 4.50. The molecule has 9 heteroatoms. The molecule has 1 aromatic carbocycles. The first-order valence-electron chi connectivity index (χ1n) is 5.11. The molecule has 0 aliphatic carbocycles. The van der Waals surface area contributed by atoms with Gasteiger partial charge in [0.05, 0.1) is 0 Å². The van der Waals surface area contributed by atoms with Crippen LogP contribution in [0.3, 0.4) is 0 Å². The van der Waals surface area contributed by atoms with Gasteiger partial charge in [0.25, 0.3) is 5.91 Å². The zero-order chi connectivity index (χ0) is 13.8. The number of nitrogens with one attached hydrogen (secondary N) is 1. The van der Waals surface area contributed by atoms with Crippen LogP contribution >= 0.6 is 23.1 Å². The molecule has 1 amide bonds. The number of carbonyl (C=O) groups is 1. The molecule has 6 nitrogen and oxygen atoms in total. The Labute approximate surface area is 116 Å². The van der Waals surface area contributed by atoms with E-state index < -0.39 is 11.7 Å². The lowest BCUT2D eigenvalue weighted by Crippen LogP contribution is -2.30. The predicted octanol–water partition coefficient (Wildman–Crippen LogP) is 1.16. The Hall–Kier alpha value is -1.71. The van der Waals surface area contributed by atoms with E-state index in [4.69, 9.17) is 11.6 Å². The van der Waals surface area contributed by atoms with Crippen LogP contribution < -0.4 is 17.0 Å². The summed E-state index contributed by atoms with van der Waals surface area (Å²) in [5, 5.41) is 7.84. The number of thioether (sulfide) groups is 1. The van der Waals surface area contributed by atoms with Crippen LogP contribution in [-0.2, 0) is 5.75 Å². The molecule has 0 aliphatic rings. The van der Waals surface area contributed by atoms with Gasteiger partial charge in [0.15, 0.2) is 4.34 Å². The maximum absolute atomic E-state index is 13.6. The highest BCUT2D eigenvalue weighted by molar-refractivity contribution is 8.00. The van der Waals surface area contributed by atoms with E-state index in [1.54, 1.807) is 0 Å². The molecule has 0 unspecified atom stereocenters. The summed E-state index contributed by atoms with van der Waals surface area (Å²) < 4.78 is 14.3. The molecule has 5 N–H and O–H groups in total. The van der Waals surface area contributed by atoms with Gasteiger partial charge < -0.3 is 5.73 Å². The van der Waals surface area contributed by atoms with Crippen molar-refractivity contribution in [2.45, 2.75) is 10.1 Å². The van der Waals surface area contributed by atoms with Gasteiger partial charge in [-0.15, -0.1) is 10.2 Å². The highest BCUT2D eigenvalue weighted by Crippen LogP contribution is 2.28. The molecular weight excluding hydrogens is 289 g/mol. The minimum atomic E-state index is -0.466. The van der Waals surface area contributed by atoms with Gasteiger partial charge in [-0.3, -0.25) is 10.2 Å². The molecule has 2 aromatic rings. The largest absolute Gasteiger partial charge is 0.374 e. The topological polar surface area (TPSA) is 107 Å². The third kappa shape index (κ3) is 3.40. The van der Waals surface area contributed by atoms with E-state index in [2.05, 4.69) is 10.2 Å². The Bertz CT molecular complexity index is 603. The molecule has 2 rings (SSSR count). The maximum atomic E-state index is 13.6. The summed E-state index contributed by atoms with van der Waals surface area (Å²) in [6, 6.07) is 4.05. The summed E-state index contributed by atoms with van der Waals surface area (Å²) in [7, 11) is 0. The average Bonchev–Trinajstić information content (AvgIpc) is 2.82. The SMILES string of the molecule is NNC(=O)c1ccc(F)c(CSc2nnc(N)s2)c1. The van der Waals surface area contributed by atoms with Gasteiger partial charge in [-0.25, -0.2) is 10.2 Å². The van der Waals surface area contributed by atoms with Crippen molar-refractivity contribution >= 4 is 34.1 Å². The van der Waals surface area contributed by atoms with Gasteiger partial charge in [-0.05, 0) is 23.8 Å². The molecule has 1 aromatic heterocycles. The number of carbonyl (C=O) groups excluding carboxylic acids is 1. The third-order valence-electron chi connectivity index (χ3n) is 2.21. The summed E-state index contributed by atoms with van der Waals surface area (Å²) in [5.41, 5.74) is 8.14. The number of nitrogens with zero attached hydrogens (tertiary/aromatic N) is 2. The van der Waals surface area contributed by atoms with E-state index in [9.17, 15) is 9.18 Å². The number of anilines is 1. The van der Waals surface area contributed by atoms with Crippen LogP contribution in [0.25, 0.3) is 0 Å². The third-order valence-corrected chi connectivity index (χ3v) is 4.15. The highest BCUT2D eigenvalue weighted by Gasteiger charge is 2.10. The minimum absolute atomic E-state index is 0.302. The van der Waals surface area contributed by atoms with Gasteiger partial charge in [-0.1, -0.05) is 23.1 Å². The van der Waals surface area contributed by atoms with E-state index in [1.807, 2.05) is 5.43 Å². The monoisotopic (exact) mass is 299 g/mol. The van der Waals surface area contributed by atoms with Crippen LogP contribution in [0, 0.1) is 5.82 Å². The van der Waals surface area contributed by atoms with E-state index in [0.717, 1.165) is 0 Å². The van der Waals surface area contributed by atoms with Crippen LogP contribution in [0.4, 0.5) is 9.52 Å². The maximum Gasteiger partial charge on any atom is 0.265 e. The first-order chi connectivity index (χ1) is 9.10. The Kier molecular flexibility index (Phi) is 4.30. The molecule has 0 saturated carbocycles. The van der Waals surface area contributed by atoms with Crippen LogP contribution in [0.1, 0.15) is 15.9 Å². The van der Waals surface area contributed by atoms with Crippen molar-refractivity contribution in [2.24, 2.45) is 5.84 Å². The lowest BCUT2D eigenvalue weighted by molar-refractivity contribution is 0.0953. The molecule has 19 heavy (non-hydrogen) atoms. The van der Waals surface area contributed by atoms with Crippen LogP contribution in [0.5, 0.6) is 0 Å². The average molecular weight is 299 g/mol. The molecule has 1 heterocycles. The number of benzene rings is 1.